The summed E-state index contributed by atoms with van der Waals surface area (Å²) in [5.41, 5.74) is 5.89. The topological polar surface area (TPSA) is 54.0 Å². The molecule has 1 aliphatic heterocycles. The number of rotatable bonds is 3. The number of anilines is 1. The van der Waals surface area contributed by atoms with Crippen molar-refractivity contribution >= 4 is 22.9 Å². The van der Waals surface area contributed by atoms with Gasteiger partial charge < -0.3 is 10.6 Å². The fraction of sp³-hybridized carbons (Fsp3) is 0.286. The minimum atomic E-state index is -0.0255. The van der Waals surface area contributed by atoms with Crippen molar-refractivity contribution in [3.05, 3.63) is 45.4 Å². The maximum absolute atomic E-state index is 12.1. The molecule has 1 aliphatic rings. The van der Waals surface area contributed by atoms with E-state index in [0.29, 0.717) is 6.54 Å². The highest BCUT2D eigenvalue weighted by atomic mass is 32.1. The van der Waals surface area contributed by atoms with Gasteiger partial charge in [-0.2, -0.15) is 0 Å². The van der Waals surface area contributed by atoms with Crippen LogP contribution in [0.5, 0.6) is 0 Å². The molecule has 1 aromatic carbocycles. The number of amides is 1. The summed E-state index contributed by atoms with van der Waals surface area (Å²) in [6.45, 7) is 3.46. The zero-order chi connectivity index (χ0) is 13.2. The smallest absolute Gasteiger partial charge is 0.251 e. The molecule has 1 aromatic heterocycles. The predicted molar refractivity (Wildman–Crippen MR) is 76.7 cm³/mol. The summed E-state index contributed by atoms with van der Waals surface area (Å²) in [5, 5.41) is 6.23. The molecule has 0 unspecified atom stereocenters. The van der Waals surface area contributed by atoms with E-state index in [1.54, 1.807) is 16.8 Å². The SMILES string of the molecule is Cc1ncsc1CNC(=O)c1ccc2c(c1)CCN2. The highest BCUT2D eigenvalue weighted by molar-refractivity contribution is 7.09. The Morgan fingerprint density at radius 1 is 1.53 bits per heavy atom. The number of nitrogens with zero attached hydrogens (tertiary/aromatic N) is 1. The van der Waals surface area contributed by atoms with Crippen LogP contribution in [0.3, 0.4) is 0 Å². The zero-order valence-corrected chi connectivity index (χ0v) is 11.5. The maximum atomic E-state index is 12.1. The largest absolute Gasteiger partial charge is 0.384 e. The number of thiazole rings is 1. The van der Waals surface area contributed by atoms with Gasteiger partial charge >= 0.3 is 0 Å². The molecule has 2 aromatic rings. The van der Waals surface area contributed by atoms with Gasteiger partial charge in [0, 0.05) is 22.7 Å². The summed E-state index contributed by atoms with van der Waals surface area (Å²) < 4.78 is 0. The molecule has 2 N–H and O–H groups in total. The molecule has 19 heavy (non-hydrogen) atoms. The van der Waals surface area contributed by atoms with Crippen LogP contribution in [-0.2, 0) is 13.0 Å². The molecule has 1 amide bonds. The molecule has 2 heterocycles. The van der Waals surface area contributed by atoms with E-state index in [9.17, 15) is 4.79 Å². The number of benzene rings is 1. The Labute approximate surface area is 115 Å². The van der Waals surface area contributed by atoms with Crippen LogP contribution in [0, 0.1) is 6.92 Å². The van der Waals surface area contributed by atoms with Crippen LogP contribution in [-0.4, -0.2) is 17.4 Å². The number of fused-ring (bicyclic) bond motifs is 1. The van der Waals surface area contributed by atoms with Crippen LogP contribution in [0.4, 0.5) is 5.69 Å². The van der Waals surface area contributed by atoms with E-state index in [-0.39, 0.29) is 5.91 Å². The lowest BCUT2D eigenvalue weighted by Crippen LogP contribution is -2.22. The minimum absolute atomic E-state index is 0.0255. The van der Waals surface area contributed by atoms with E-state index in [1.165, 1.54) is 5.56 Å². The van der Waals surface area contributed by atoms with Gasteiger partial charge in [-0.15, -0.1) is 11.3 Å². The second-order valence-electron chi connectivity index (χ2n) is 4.59. The number of aryl methyl sites for hydroxylation is 1. The van der Waals surface area contributed by atoms with Gasteiger partial charge in [0.2, 0.25) is 0 Å². The Kier molecular flexibility index (Phi) is 3.21. The number of aromatic nitrogens is 1. The molecule has 0 saturated carbocycles. The average molecular weight is 273 g/mol. The summed E-state index contributed by atoms with van der Waals surface area (Å²) >= 11 is 1.57. The average Bonchev–Trinajstić information content (AvgIpc) is 3.03. The Morgan fingerprint density at radius 2 is 2.42 bits per heavy atom. The first-order valence-electron chi connectivity index (χ1n) is 6.28. The van der Waals surface area contributed by atoms with Gasteiger partial charge in [0.25, 0.3) is 5.91 Å². The monoisotopic (exact) mass is 273 g/mol. The predicted octanol–water partition coefficient (Wildman–Crippen LogP) is 2.35. The van der Waals surface area contributed by atoms with Crippen LogP contribution in [0.15, 0.2) is 23.7 Å². The van der Waals surface area contributed by atoms with Crippen molar-refractivity contribution in [3.63, 3.8) is 0 Å². The van der Waals surface area contributed by atoms with Gasteiger partial charge in [0.15, 0.2) is 0 Å². The van der Waals surface area contributed by atoms with E-state index in [4.69, 9.17) is 0 Å². The van der Waals surface area contributed by atoms with E-state index in [2.05, 4.69) is 15.6 Å². The van der Waals surface area contributed by atoms with Crippen molar-refractivity contribution in [3.8, 4) is 0 Å². The first-order chi connectivity index (χ1) is 9.24. The standard InChI is InChI=1S/C14H15N3OS/c1-9-13(19-8-17-9)7-16-14(18)11-2-3-12-10(6-11)4-5-15-12/h2-3,6,8,15H,4-5,7H2,1H3,(H,16,18). The number of hydrogen-bond donors (Lipinski definition) is 2. The first kappa shape index (κ1) is 12.2. The lowest BCUT2D eigenvalue weighted by atomic mass is 10.1. The number of carbonyl (C=O) groups is 1. The molecule has 0 saturated heterocycles. The van der Waals surface area contributed by atoms with Crippen LogP contribution in [0.25, 0.3) is 0 Å². The lowest BCUT2D eigenvalue weighted by Gasteiger charge is -2.06. The van der Waals surface area contributed by atoms with Crippen molar-refractivity contribution in [1.82, 2.24) is 10.3 Å². The quantitative estimate of drug-likeness (QED) is 0.902. The molecular formula is C14H15N3OS. The second kappa shape index (κ2) is 5.01. The van der Waals surface area contributed by atoms with Gasteiger partial charge in [0.05, 0.1) is 17.7 Å². The second-order valence-corrected chi connectivity index (χ2v) is 5.53. The van der Waals surface area contributed by atoms with Crippen LogP contribution in [0.2, 0.25) is 0 Å². The molecule has 0 fully saturated rings. The number of carbonyl (C=O) groups excluding carboxylic acids is 1. The number of nitrogens with one attached hydrogen (secondary N) is 2. The third-order valence-electron chi connectivity index (χ3n) is 3.33. The molecular weight excluding hydrogens is 258 g/mol. The van der Waals surface area contributed by atoms with Crippen LogP contribution < -0.4 is 10.6 Å². The van der Waals surface area contributed by atoms with Crippen molar-refractivity contribution in [1.29, 1.82) is 0 Å². The van der Waals surface area contributed by atoms with Crippen molar-refractivity contribution in [2.45, 2.75) is 19.9 Å². The molecule has 0 bridgehead atoms. The third kappa shape index (κ3) is 2.46. The summed E-state index contributed by atoms with van der Waals surface area (Å²) in [5.74, 6) is -0.0255. The fourth-order valence-corrected chi connectivity index (χ4v) is 2.92. The van der Waals surface area contributed by atoms with E-state index >= 15 is 0 Å². The highest BCUT2D eigenvalue weighted by Crippen LogP contribution is 2.23. The van der Waals surface area contributed by atoms with Gasteiger partial charge in [-0.25, -0.2) is 4.98 Å². The normalized spacial score (nSPS) is 12.9. The zero-order valence-electron chi connectivity index (χ0n) is 10.7. The molecule has 0 radical (unpaired) electrons. The molecule has 3 rings (SSSR count). The van der Waals surface area contributed by atoms with E-state index in [0.717, 1.165) is 34.8 Å². The van der Waals surface area contributed by atoms with Gasteiger partial charge in [-0.3, -0.25) is 4.79 Å². The number of hydrogen-bond acceptors (Lipinski definition) is 4. The molecule has 0 aliphatic carbocycles. The molecule has 0 atom stereocenters. The van der Waals surface area contributed by atoms with Crippen molar-refractivity contribution in [2.24, 2.45) is 0 Å². The summed E-state index contributed by atoms with van der Waals surface area (Å²) in [6, 6.07) is 5.82. The molecule has 5 heteroatoms. The van der Waals surface area contributed by atoms with Gasteiger partial charge in [-0.1, -0.05) is 0 Å². The van der Waals surface area contributed by atoms with Gasteiger partial charge in [-0.05, 0) is 37.1 Å². The lowest BCUT2D eigenvalue weighted by molar-refractivity contribution is 0.0951. The van der Waals surface area contributed by atoms with E-state index < -0.39 is 0 Å². The highest BCUT2D eigenvalue weighted by Gasteiger charge is 2.13. The van der Waals surface area contributed by atoms with Crippen molar-refractivity contribution < 1.29 is 4.79 Å². The fourth-order valence-electron chi connectivity index (χ4n) is 2.20. The van der Waals surface area contributed by atoms with Crippen LogP contribution in [0.1, 0.15) is 26.5 Å². The third-order valence-corrected chi connectivity index (χ3v) is 4.27. The van der Waals surface area contributed by atoms with Crippen molar-refractivity contribution in [2.75, 3.05) is 11.9 Å². The Bertz CT molecular complexity index is 621. The van der Waals surface area contributed by atoms with Gasteiger partial charge in [0.1, 0.15) is 0 Å². The minimum Gasteiger partial charge on any atom is -0.384 e. The Morgan fingerprint density at radius 3 is 3.21 bits per heavy atom. The molecule has 98 valence electrons. The molecule has 0 spiro atoms. The van der Waals surface area contributed by atoms with Crippen LogP contribution >= 0.6 is 11.3 Å². The van der Waals surface area contributed by atoms with E-state index in [1.807, 2.05) is 25.1 Å². The summed E-state index contributed by atoms with van der Waals surface area (Å²) in [7, 11) is 0. The summed E-state index contributed by atoms with van der Waals surface area (Å²) in [4.78, 5) is 17.4. The summed E-state index contributed by atoms with van der Waals surface area (Å²) in [6.07, 6.45) is 0.990. The maximum Gasteiger partial charge on any atom is 0.251 e. The Balaban J connectivity index is 1.69. The Hall–Kier alpha value is -1.88. The first-order valence-corrected chi connectivity index (χ1v) is 7.16. The molecule has 4 nitrogen and oxygen atoms in total.